The summed E-state index contributed by atoms with van der Waals surface area (Å²) < 4.78 is 10.4. The third-order valence-electron chi connectivity index (χ3n) is 6.48. The molecule has 0 aromatic heterocycles. The summed E-state index contributed by atoms with van der Waals surface area (Å²) in [5, 5.41) is 0.389. The van der Waals surface area contributed by atoms with Crippen molar-refractivity contribution in [3.63, 3.8) is 0 Å². The molecule has 1 atom stereocenters. The van der Waals surface area contributed by atoms with Gasteiger partial charge in [0.25, 0.3) is 0 Å². The molecule has 0 saturated carbocycles. The molecular formula is C24H34ClN3O5. The van der Waals surface area contributed by atoms with Crippen LogP contribution in [0.4, 0.5) is 0 Å². The van der Waals surface area contributed by atoms with Gasteiger partial charge in [0.2, 0.25) is 17.7 Å². The maximum absolute atomic E-state index is 13.6. The molecule has 0 N–H and O–H groups in total. The van der Waals surface area contributed by atoms with Crippen molar-refractivity contribution in [2.45, 2.75) is 31.1 Å². The van der Waals surface area contributed by atoms with Crippen LogP contribution in [0.1, 0.15) is 31.2 Å². The van der Waals surface area contributed by atoms with Crippen molar-refractivity contribution in [2.75, 3.05) is 66.7 Å². The average molecular weight is 480 g/mol. The molecule has 1 unspecified atom stereocenters. The second-order valence-electron chi connectivity index (χ2n) is 8.74. The van der Waals surface area contributed by atoms with Gasteiger partial charge in [-0.25, -0.2) is 0 Å². The largest absolute Gasteiger partial charge is 0.385 e. The number of benzene rings is 1. The van der Waals surface area contributed by atoms with Crippen LogP contribution in [0.3, 0.4) is 0 Å². The molecule has 2 saturated heterocycles. The van der Waals surface area contributed by atoms with Crippen LogP contribution < -0.4 is 0 Å². The fourth-order valence-electron chi connectivity index (χ4n) is 4.56. The number of hydrogen-bond acceptors (Lipinski definition) is 6. The minimum absolute atomic E-state index is 0.0596. The van der Waals surface area contributed by atoms with E-state index in [0.29, 0.717) is 30.2 Å². The third kappa shape index (κ3) is 6.12. The number of methoxy groups -OCH3 is 1. The highest BCUT2D eigenvalue weighted by molar-refractivity contribution is 6.32. The minimum atomic E-state index is -1.28. The summed E-state index contributed by atoms with van der Waals surface area (Å²) in [5.41, 5.74) is -0.743. The molecule has 3 amide bonds. The standard InChI is InChI=1S/C24H34ClN3O5/c1-26(9-5-10-27-12-15-33-16-13-27)21(29)17-24(19-7-3-4-8-20(19)25)18-22(30)28(23(24)31)11-6-14-32-2/h3-4,7-8H,5-6,9-18H2,1-2H3. The molecular weight excluding hydrogens is 446 g/mol. The molecule has 8 nitrogen and oxygen atoms in total. The van der Waals surface area contributed by atoms with Crippen molar-refractivity contribution < 1.29 is 23.9 Å². The molecule has 2 heterocycles. The first-order chi connectivity index (χ1) is 15.9. The maximum atomic E-state index is 13.6. The molecule has 3 rings (SSSR count). The fourth-order valence-corrected chi connectivity index (χ4v) is 4.88. The smallest absolute Gasteiger partial charge is 0.240 e. The zero-order chi connectivity index (χ0) is 23.8. The number of likely N-dealkylation sites (tertiary alicyclic amines) is 1. The number of morpholine rings is 1. The molecule has 33 heavy (non-hydrogen) atoms. The first-order valence-electron chi connectivity index (χ1n) is 11.5. The zero-order valence-electron chi connectivity index (χ0n) is 19.6. The minimum Gasteiger partial charge on any atom is -0.385 e. The monoisotopic (exact) mass is 479 g/mol. The quantitative estimate of drug-likeness (QED) is 0.356. The number of hydrogen-bond donors (Lipinski definition) is 0. The Hall–Kier alpha value is -2.00. The summed E-state index contributed by atoms with van der Waals surface area (Å²) in [7, 11) is 3.33. The molecule has 2 fully saturated rings. The van der Waals surface area contributed by atoms with E-state index >= 15 is 0 Å². The van der Waals surface area contributed by atoms with Crippen molar-refractivity contribution in [2.24, 2.45) is 0 Å². The molecule has 182 valence electrons. The van der Waals surface area contributed by atoms with Crippen LogP contribution in [0, 0.1) is 0 Å². The Balaban J connectivity index is 1.72. The van der Waals surface area contributed by atoms with Gasteiger partial charge in [-0.15, -0.1) is 0 Å². The van der Waals surface area contributed by atoms with Crippen LogP contribution in [0.5, 0.6) is 0 Å². The van der Waals surface area contributed by atoms with Crippen molar-refractivity contribution in [3.05, 3.63) is 34.9 Å². The van der Waals surface area contributed by atoms with Gasteiger partial charge in [0.15, 0.2) is 0 Å². The molecule has 0 spiro atoms. The number of carbonyl (C=O) groups is 3. The normalized spacial score (nSPS) is 21.6. The van der Waals surface area contributed by atoms with E-state index in [1.807, 2.05) is 0 Å². The fraction of sp³-hybridized carbons (Fsp3) is 0.625. The molecule has 1 aromatic rings. The Morgan fingerprint density at radius 3 is 2.61 bits per heavy atom. The summed E-state index contributed by atoms with van der Waals surface area (Å²) in [4.78, 5) is 44.9. The van der Waals surface area contributed by atoms with E-state index in [0.717, 1.165) is 39.3 Å². The highest BCUT2D eigenvalue weighted by atomic mass is 35.5. The first kappa shape index (κ1) is 25.6. The molecule has 9 heteroatoms. The lowest BCUT2D eigenvalue weighted by molar-refractivity contribution is -0.142. The molecule has 0 radical (unpaired) electrons. The zero-order valence-corrected chi connectivity index (χ0v) is 20.3. The number of rotatable bonds is 11. The number of nitrogens with zero attached hydrogens (tertiary/aromatic N) is 3. The van der Waals surface area contributed by atoms with Crippen LogP contribution >= 0.6 is 11.6 Å². The van der Waals surface area contributed by atoms with Gasteiger partial charge in [-0.2, -0.15) is 0 Å². The number of ether oxygens (including phenoxy) is 2. The number of imide groups is 1. The Kier molecular flexibility index (Phi) is 9.26. The van der Waals surface area contributed by atoms with E-state index in [1.54, 1.807) is 43.3 Å². The lowest BCUT2D eigenvalue weighted by Gasteiger charge is -2.30. The molecule has 0 bridgehead atoms. The number of carbonyl (C=O) groups excluding carboxylic acids is 3. The van der Waals surface area contributed by atoms with Gasteiger partial charge >= 0.3 is 0 Å². The molecule has 1 aromatic carbocycles. The van der Waals surface area contributed by atoms with E-state index in [2.05, 4.69) is 4.90 Å². The van der Waals surface area contributed by atoms with Crippen LogP contribution in [-0.2, 0) is 29.3 Å². The van der Waals surface area contributed by atoms with E-state index in [9.17, 15) is 14.4 Å². The average Bonchev–Trinajstić information content (AvgIpc) is 3.04. The lowest BCUT2D eigenvalue weighted by atomic mass is 9.75. The topological polar surface area (TPSA) is 79.4 Å². The predicted octanol–water partition coefficient (Wildman–Crippen LogP) is 1.94. The maximum Gasteiger partial charge on any atom is 0.240 e. The Bertz CT molecular complexity index is 845. The third-order valence-corrected chi connectivity index (χ3v) is 6.81. The van der Waals surface area contributed by atoms with Crippen LogP contribution in [0.15, 0.2) is 24.3 Å². The SMILES string of the molecule is COCCCN1C(=O)CC(CC(=O)N(C)CCCN2CCOCC2)(c2ccccc2Cl)C1=O. The summed E-state index contributed by atoms with van der Waals surface area (Å²) >= 11 is 6.47. The van der Waals surface area contributed by atoms with Gasteiger partial charge in [-0.05, 0) is 24.5 Å². The highest BCUT2D eigenvalue weighted by Gasteiger charge is 2.54. The van der Waals surface area contributed by atoms with E-state index < -0.39 is 5.41 Å². The summed E-state index contributed by atoms with van der Waals surface area (Å²) in [6.07, 6.45) is 1.23. The van der Waals surface area contributed by atoms with Gasteiger partial charge in [-0.3, -0.25) is 24.2 Å². The number of halogens is 1. The Morgan fingerprint density at radius 2 is 1.91 bits per heavy atom. The van der Waals surface area contributed by atoms with Gasteiger partial charge < -0.3 is 14.4 Å². The van der Waals surface area contributed by atoms with E-state index in [-0.39, 0.29) is 37.1 Å². The van der Waals surface area contributed by atoms with Gasteiger partial charge in [0.05, 0.1) is 18.6 Å². The first-order valence-corrected chi connectivity index (χ1v) is 11.9. The Labute approximate surface area is 200 Å². The summed E-state index contributed by atoms with van der Waals surface area (Å²) in [5.74, 6) is -0.803. The second-order valence-corrected chi connectivity index (χ2v) is 9.14. The van der Waals surface area contributed by atoms with Crippen molar-refractivity contribution in [1.82, 2.24) is 14.7 Å². The highest BCUT2D eigenvalue weighted by Crippen LogP contribution is 2.43. The summed E-state index contributed by atoms with van der Waals surface area (Å²) in [6, 6.07) is 7.00. The number of amides is 3. The predicted molar refractivity (Wildman–Crippen MR) is 125 cm³/mol. The van der Waals surface area contributed by atoms with Crippen molar-refractivity contribution >= 4 is 29.3 Å². The van der Waals surface area contributed by atoms with Gasteiger partial charge in [-0.1, -0.05) is 29.8 Å². The molecule has 2 aliphatic rings. The van der Waals surface area contributed by atoms with E-state index in [4.69, 9.17) is 21.1 Å². The lowest BCUT2D eigenvalue weighted by Crippen LogP contribution is -2.44. The van der Waals surface area contributed by atoms with E-state index in [1.165, 1.54) is 4.90 Å². The van der Waals surface area contributed by atoms with Crippen molar-refractivity contribution in [3.8, 4) is 0 Å². The van der Waals surface area contributed by atoms with Gasteiger partial charge in [0, 0.05) is 71.4 Å². The molecule has 0 aliphatic carbocycles. The van der Waals surface area contributed by atoms with Crippen LogP contribution in [0.25, 0.3) is 0 Å². The van der Waals surface area contributed by atoms with Gasteiger partial charge in [0.1, 0.15) is 0 Å². The van der Waals surface area contributed by atoms with Crippen LogP contribution in [-0.4, -0.2) is 99.1 Å². The Morgan fingerprint density at radius 1 is 1.18 bits per heavy atom. The van der Waals surface area contributed by atoms with Crippen molar-refractivity contribution in [1.29, 1.82) is 0 Å². The summed E-state index contributed by atoms with van der Waals surface area (Å²) in [6.45, 7) is 5.47. The second kappa shape index (κ2) is 11.9. The molecule has 2 aliphatic heterocycles. The van der Waals surface area contributed by atoms with Crippen LogP contribution in [0.2, 0.25) is 5.02 Å².